The first-order chi connectivity index (χ1) is 7.56. The fourth-order valence-corrected chi connectivity index (χ4v) is 1.61. The van der Waals surface area contributed by atoms with Gasteiger partial charge in [-0.1, -0.05) is 11.6 Å². The van der Waals surface area contributed by atoms with Gasteiger partial charge in [-0.05, 0) is 6.92 Å². The Morgan fingerprint density at radius 2 is 2.31 bits per heavy atom. The smallest absolute Gasteiger partial charge is 0.164 e. The molecular formula is C10H16ClN3O2. The molecule has 0 bridgehead atoms. The van der Waals surface area contributed by atoms with Gasteiger partial charge in [0.25, 0.3) is 0 Å². The zero-order valence-corrected chi connectivity index (χ0v) is 10.3. The molecule has 1 aromatic heterocycles. The van der Waals surface area contributed by atoms with Gasteiger partial charge >= 0.3 is 0 Å². The molecule has 0 fully saturated rings. The molecule has 0 aliphatic heterocycles. The predicted molar refractivity (Wildman–Crippen MR) is 61.5 cm³/mol. The van der Waals surface area contributed by atoms with Crippen molar-refractivity contribution in [3.63, 3.8) is 0 Å². The monoisotopic (exact) mass is 245 g/mol. The summed E-state index contributed by atoms with van der Waals surface area (Å²) < 4.78 is 6.68. The maximum atomic E-state index is 11.5. The van der Waals surface area contributed by atoms with Gasteiger partial charge < -0.3 is 10.5 Å². The normalized spacial score (nSPS) is 10.8. The minimum Gasteiger partial charge on any atom is -0.372 e. The third-order valence-corrected chi connectivity index (χ3v) is 2.64. The zero-order valence-electron chi connectivity index (χ0n) is 9.49. The average Bonchev–Trinajstić information content (AvgIpc) is 2.46. The van der Waals surface area contributed by atoms with Crippen molar-refractivity contribution in [2.24, 2.45) is 12.8 Å². The topological polar surface area (TPSA) is 70.1 Å². The summed E-state index contributed by atoms with van der Waals surface area (Å²) in [4.78, 5) is 11.5. The van der Waals surface area contributed by atoms with Crippen LogP contribution in [0.3, 0.4) is 0 Å². The number of Topliss-reactive ketones (excluding diaryl/α,β-unsaturated/α-hetero) is 1. The molecule has 16 heavy (non-hydrogen) atoms. The Kier molecular flexibility index (Phi) is 4.92. The van der Waals surface area contributed by atoms with Gasteiger partial charge in [-0.3, -0.25) is 9.48 Å². The van der Waals surface area contributed by atoms with Gasteiger partial charge in [0.1, 0.15) is 6.61 Å². The molecule has 2 N–H and O–H groups in total. The molecule has 0 spiro atoms. The van der Waals surface area contributed by atoms with Crippen LogP contribution in [-0.4, -0.2) is 35.3 Å². The van der Waals surface area contributed by atoms with Gasteiger partial charge in [0.2, 0.25) is 0 Å². The molecule has 1 aromatic rings. The maximum Gasteiger partial charge on any atom is 0.164 e. The Morgan fingerprint density at radius 1 is 1.62 bits per heavy atom. The summed E-state index contributed by atoms with van der Waals surface area (Å²) in [6, 6.07) is 0. The number of carbonyl (C=O) groups excluding carboxylic acids is 1. The number of halogens is 1. The van der Waals surface area contributed by atoms with Crippen LogP contribution in [0.15, 0.2) is 0 Å². The van der Waals surface area contributed by atoms with Crippen LogP contribution in [-0.2, 0) is 23.0 Å². The van der Waals surface area contributed by atoms with Crippen molar-refractivity contribution in [2.45, 2.75) is 13.3 Å². The van der Waals surface area contributed by atoms with Crippen molar-refractivity contribution >= 4 is 17.4 Å². The molecule has 0 saturated carbocycles. The van der Waals surface area contributed by atoms with E-state index in [1.807, 2.05) is 0 Å². The highest BCUT2D eigenvalue weighted by Gasteiger charge is 2.14. The van der Waals surface area contributed by atoms with Crippen LogP contribution in [0.4, 0.5) is 0 Å². The van der Waals surface area contributed by atoms with Gasteiger partial charge in [-0.2, -0.15) is 5.10 Å². The van der Waals surface area contributed by atoms with Gasteiger partial charge in [0.05, 0.1) is 29.4 Å². The van der Waals surface area contributed by atoms with Crippen LogP contribution in [0.2, 0.25) is 5.02 Å². The van der Waals surface area contributed by atoms with E-state index in [4.69, 9.17) is 22.1 Å². The number of hydrogen-bond acceptors (Lipinski definition) is 4. The molecule has 0 atom stereocenters. The number of nitrogens with two attached hydrogens (primary N) is 1. The van der Waals surface area contributed by atoms with Crippen molar-refractivity contribution in [1.82, 2.24) is 9.78 Å². The predicted octanol–water partition coefficient (Wildman–Crippen LogP) is 0.469. The summed E-state index contributed by atoms with van der Waals surface area (Å²) in [5.74, 6) is -0.0293. The lowest BCUT2D eigenvalue weighted by molar-refractivity contribution is -0.122. The van der Waals surface area contributed by atoms with E-state index in [0.29, 0.717) is 18.2 Å². The maximum absolute atomic E-state index is 11.5. The van der Waals surface area contributed by atoms with Crippen LogP contribution in [0.1, 0.15) is 11.4 Å². The highest BCUT2D eigenvalue weighted by Crippen LogP contribution is 2.19. The molecule has 1 heterocycles. The lowest BCUT2D eigenvalue weighted by atomic mass is 10.2. The van der Waals surface area contributed by atoms with E-state index in [9.17, 15) is 4.79 Å². The summed E-state index contributed by atoms with van der Waals surface area (Å²) in [5, 5.41) is 4.68. The number of rotatable bonds is 6. The van der Waals surface area contributed by atoms with E-state index in [1.54, 1.807) is 18.7 Å². The molecule has 6 heteroatoms. The fourth-order valence-electron chi connectivity index (χ4n) is 1.38. The number of hydrogen-bond donors (Lipinski definition) is 1. The van der Waals surface area contributed by atoms with Crippen LogP contribution < -0.4 is 5.73 Å². The summed E-state index contributed by atoms with van der Waals surface area (Å²) in [6.07, 6.45) is 0.237. The van der Waals surface area contributed by atoms with Gasteiger partial charge in [-0.25, -0.2) is 0 Å². The summed E-state index contributed by atoms with van der Waals surface area (Å²) in [6.45, 7) is 2.68. The number of nitrogens with zero attached hydrogens (tertiary/aromatic N) is 2. The third-order valence-electron chi connectivity index (χ3n) is 2.15. The molecule has 0 saturated heterocycles. The van der Waals surface area contributed by atoms with Crippen molar-refractivity contribution in [2.75, 3.05) is 19.8 Å². The van der Waals surface area contributed by atoms with Crippen LogP contribution in [0.5, 0.6) is 0 Å². The van der Waals surface area contributed by atoms with Crippen molar-refractivity contribution in [1.29, 1.82) is 0 Å². The van der Waals surface area contributed by atoms with Crippen LogP contribution in [0.25, 0.3) is 0 Å². The minimum absolute atomic E-state index is 0.0293. The van der Waals surface area contributed by atoms with E-state index in [1.165, 1.54) is 0 Å². The van der Waals surface area contributed by atoms with Gasteiger partial charge in [0.15, 0.2) is 5.78 Å². The molecule has 0 aliphatic carbocycles. The van der Waals surface area contributed by atoms with Gasteiger partial charge in [0, 0.05) is 13.6 Å². The van der Waals surface area contributed by atoms with Crippen molar-refractivity contribution < 1.29 is 9.53 Å². The molecule has 1 rings (SSSR count). The van der Waals surface area contributed by atoms with E-state index in [2.05, 4.69) is 5.10 Å². The second kappa shape index (κ2) is 5.98. The highest BCUT2D eigenvalue weighted by molar-refractivity contribution is 6.32. The Balaban J connectivity index is 2.56. The first-order valence-electron chi connectivity index (χ1n) is 5.03. The Labute approximate surface area is 99.5 Å². The first kappa shape index (κ1) is 13.2. The average molecular weight is 246 g/mol. The Bertz CT molecular complexity index is 376. The largest absolute Gasteiger partial charge is 0.372 e. The number of carbonyl (C=O) groups is 1. The van der Waals surface area contributed by atoms with E-state index in [0.717, 1.165) is 11.4 Å². The lowest BCUT2D eigenvalue weighted by Gasteiger charge is -2.03. The zero-order chi connectivity index (χ0) is 12.1. The van der Waals surface area contributed by atoms with E-state index >= 15 is 0 Å². The quantitative estimate of drug-likeness (QED) is 0.740. The first-order valence-corrected chi connectivity index (χ1v) is 5.41. The number of aryl methyl sites for hydroxylation is 2. The number of ketones is 1. The molecular weight excluding hydrogens is 230 g/mol. The van der Waals surface area contributed by atoms with E-state index < -0.39 is 0 Å². The standard InChI is InChI=1S/C10H16ClN3O2/c1-7-10(11)9(14(2)13-7)5-8(15)6-16-4-3-12/h3-6,12H2,1-2H3. The summed E-state index contributed by atoms with van der Waals surface area (Å²) in [7, 11) is 1.77. The van der Waals surface area contributed by atoms with E-state index in [-0.39, 0.29) is 18.8 Å². The molecule has 0 radical (unpaired) electrons. The third kappa shape index (κ3) is 3.30. The molecule has 0 amide bonds. The Morgan fingerprint density at radius 3 is 2.81 bits per heavy atom. The number of ether oxygens (including phenoxy) is 1. The summed E-state index contributed by atoms with van der Waals surface area (Å²) >= 11 is 6.02. The summed E-state index contributed by atoms with van der Waals surface area (Å²) in [5.41, 5.74) is 6.70. The van der Waals surface area contributed by atoms with Crippen molar-refractivity contribution in [3.05, 3.63) is 16.4 Å². The number of aromatic nitrogens is 2. The molecule has 0 unspecified atom stereocenters. The molecule has 0 aromatic carbocycles. The second-order valence-corrected chi connectivity index (χ2v) is 3.90. The van der Waals surface area contributed by atoms with Gasteiger partial charge in [-0.15, -0.1) is 0 Å². The molecule has 0 aliphatic rings. The molecule has 90 valence electrons. The lowest BCUT2D eigenvalue weighted by Crippen LogP contribution is -2.17. The van der Waals surface area contributed by atoms with Crippen LogP contribution >= 0.6 is 11.6 Å². The minimum atomic E-state index is -0.0293. The SMILES string of the molecule is Cc1nn(C)c(CC(=O)COCCN)c1Cl. The Hall–Kier alpha value is -0.910. The van der Waals surface area contributed by atoms with Crippen LogP contribution in [0, 0.1) is 6.92 Å². The molecule has 5 nitrogen and oxygen atoms in total. The van der Waals surface area contributed by atoms with Crippen molar-refractivity contribution in [3.8, 4) is 0 Å². The fraction of sp³-hybridized carbons (Fsp3) is 0.600. The highest BCUT2D eigenvalue weighted by atomic mass is 35.5. The second-order valence-electron chi connectivity index (χ2n) is 3.53.